The standard InChI is InChI=1S/C18H19N5O5S/c1-10-7-8-13(27-10)16-20-21-17(29-9-14-19-18(24)28-22-14)23(16)15-11(25-2)5-4-6-12(15)26-3/h4-8,14,22H,9H2,1-3H3,(H,19,24). The van der Waals surface area contributed by atoms with Gasteiger partial charge in [0.1, 0.15) is 29.1 Å². The van der Waals surface area contributed by atoms with E-state index in [0.717, 1.165) is 5.76 Å². The van der Waals surface area contributed by atoms with Crippen molar-refractivity contribution >= 4 is 17.9 Å². The third-order valence-electron chi connectivity index (χ3n) is 4.18. The van der Waals surface area contributed by atoms with E-state index in [2.05, 4.69) is 21.0 Å². The number of thioether (sulfide) groups is 1. The number of methoxy groups -OCH3 is 2. The number of amides is 1. The second kappa shape index (κ2) is 8.05. The summed E-state index contributed by atoms with van der Waals surface area (Å²) in [6.07, 6.45) is -0.873. The zero-order valence-electron chi connectivity index (χ0n) is 16.0. The van der Waals surface area contributed by atoms with Crippen LogP contribution in [0.4, 0.5) is 4.79 Å². The minimum Gasteiger partial charge on any atom is -0.494 e. The van der Waals surface area contributed by atoms with Gasteiger partial charge in [-0.3, -0.25) is 4.57 Å². The van der Waals surface area contributed by atoms with Crippen molar-refractivity contribution in [2.45, 2.75) is 18.2 Å². The van der Waals surface area contributed by atoms with Crippen molar-refractivity contribution in [1.82, 2.24) is 25.6 Å². The van der Waals surface area contributed by atoms with Gasteiger partial charge in [-0.25, -0.2) is 4.79 Å². The molecule has 2 aromatic heterocycles. The number of nitrogens with one attached hydrogen (secondary N) is 2. The fourth-order valence-electron chi connectivity index (χ4n) is 2.89. The lowest BCUT2D eigenvalue weighted by atomic mass is 10.2. The van der Waals surface area contributed by atoms with Gasteiger partial charge in [-0.2, -0.15) is 0 Å². The molecule has 2 N–H and O–H groups in total. The lowest BCUT2D eigenvalue weighted by Crippen LogP contribution is -2.34. The molecule has 10 nitrogen and oxygen atoms in total. The van der Waals surface area contributed by atoms with E-state index in [1.165, 1.54) is 11.8 Å². The molecule has 0 saturated carbocycles. The lowest BCUT2D eigenvalue weighted by Gasteiger charge is -2.16. The van der Waals surface area contributed by atoms with Gasteiger partial charge in [-0.1, -0.05) is 17.8 Å². The highest BCUT2D eigenvalue weighted by Gasteiger charge is 2.27. The summed E-state index contributed by atoms with van der Waals surface area (Å²) in [7, 11) is 3.17. The van der Waals surface area contributed by atoms with E-state index in [-0.39, 0.29) is 6.17 Å². The van der Waals surface area contributed by atoms with Crippen LogP contribution in [0.3, 0.4) is 0 Å². The van der Waals surface area contributed by atoms with Crippen molar-refractivity contribution in [2.75, 3.05) is 20.0 Å². The monoisotopic (exact) mass is 417 g/mol. The van der Waals surface area contributed by atoms with Gasteiger partial charge in [0, 0.05) is 5.75 Å². The van der Waals surface area contributed by atoms with E-state index in [1.807, 2.05) is 41.8 Å². The second-order valence-electron chi connectivity index (χ2n) is 6.08. The molecule has 3 heterocycles. The number of hydrogen-bond acceptors (Lipinski definition) is 9. The Kier molecular flexibility index (Phi) is 5.32. The van der Waals surface area contributed by atoms with Crippen LogP contribution < -0.4 is 20.3 Å². The summed E-state index contributed by atoms with van der Waals surface area (Å²) >= 11 is 1.38. The minimum atomic E-state index is -0.518. The van der Waals surface area contributed by atoms with Crippen LogP contribution in [-0.2, 0) is 4.84 Å². The Hall–Kier alpha value is -3.18. The largest absolute Gasteiger partial charge is 0.494 e. The molecular formula is C18H19N5O5S. The Labute approximate surface area is 170 Å². The molecule has 0 spiro atoms. The predicted octanol–water partition coefficient (Wildman–Crippen LogP) is 2.52. The van der Waals surface area contributed by atoms with Gasteiger partial charge in [0.2, 0.25) is 5.82 Å². The van der Waals surface area contributed by atoms with Crippen LogP contribution in [0.1, 0.15) is 5.76 Å². The highest BCUT2D eigenvalue weighted by molar-refractivity contribution is 7.99. The lowest BCUT2D eigenvalue weighted by molar-refractivity contribution is 0.124. The second-order valence-corrected chi connectivity index (χ2v) is 7.07. The number of nitrogens with zero attached hydrogens (tertiary/aromatic N) is 3. The Morgan fingerprint density at radius 2 is 1.93 bits per heavy atom. The fourth-order valence-corrected chi connectivity index (χ4v) is 3.76. The first-order valence-corrected chi connectivity index (χ1v) is 9.68. The predicted molar refractivity (Wildman–Crippen MR) is 104 cm³/mol. The summed E-state index contributed by atoms with van der Waals surface area (Å²) in [6, 6.07) is 9.19. The quantitative estimate of drug-likeness (QED) is 0.560. The first-order valence-electron chi connectivity index (χ1n) is 8.70. The van der Waals surface area contributed by atoms with Crippen LogP contribution in [-0.4, -0.2) is 47.0 Å². The first-order chi connectivity index (χ1) is 14.1. The van der Waals surface area contributed by atoms with E-state index in [4.69, 9.17) is 18.7 Å². The Bertz CT molecular complexity index is 1010. The molecule has 1 unspecified atom stereocenters. The number of hydroxylamine groups is 1. The van der Waals surface area contributed by atoms with Gasteiger partial charge in [-0.15, -0.1) is 15.7 Å². The van der Waals surface area contributed by atoms with Gasteiger partial charge in [0.05, 0.1) is 14.2 Å². The van der Waals surface area contributed by atoms with Crippen LogP contribution in [0.5, 0.6) is 11.5 Å². The normalized spacial score (nSPS) is 15.8. The average molecular weight is 417 g/mol. The van der Waals surface area contributed by atoms with Crippen molar-refractivity contribution in [1.29, 1.82) is 0 Å². The number of aryl methyl sites for hydroxylation is 1. The number of carbonyl (C=O) groups is 1. The minimum absolute atomic E-state index is 0.355. The number of ether oxygens (including phenoxy) is 2. The Morgan fingerprint density at radius 1 is 1.17 bits per heavy atom. The molecule has 1 saturated heterocycles. The van der Waals surface area contributed by atoms with Gasteiger partial charge >= 0.3 is 6.09 Å². The van der Waals surface area contributed by atoms with E-state index < -0.39 is 6.09 Å². The van der Waals surface area contributed by atoms with E-state index >= 15 is 0 Å². The topological polar surface area (TPSA) is 113 Å². The summed E-state index contributed by atoms with van der Waals surface area (Å²) in [5.41, 5.74) is 3.26. The molecule has 1 aliphatic heterocycles. The van der Waals surface area contributed by atoms with Crippen molar-refractivity contribution in [3.8, 4) is 28.8 Å². The molecule has 29 heavy (non-hydrogen) atoms. The average Bonchev–Trinajstić information content (AvgIpc) is 3.45. The molecule has 1 amide bonds. The maximum absolute atomic E-state index is 11.2. The summed E-state index contributed by atoms with van der Waals surface area (Å²) in [5.74, 6) is 3.45. The van der Waals surface area contributed by atoms with Crippen LogP contribution in [0.15, 0.2) is 39.9 Å². The zero-order valence-corrected chi connectivity index (χ0v) is 16.8. The van der Waals surface area contributed by atoms with Crippen LogP contribution in [0, 0.1) is 6.92 Å². The van der Waals surface area contributed by atoms with Crippen LogP contribution in [0.2, 0.25) is 0 Å². The number of carbonyl (C=O) groups excluding carboxylic acids is 1. The van der Waals surface area contributed by atoms with E-state index in [1.54, 1.807) is 14.2 Å². The number of furan rings is 1. The molecule has 0 aliphatic carbocycles. The molecular weight excluding hydrogens is 398 g/mol. The number of rotatable bonds is 7. The summed E-state index contributed by atoms with van der Waals surface area (Å²) in [5, 5.41) is 11.9. The van der Waals surface area contributed by atoms with Crippen molar-refractivity contribution < 1.29 is 23.5 Å². The Morgan fingerprint density at radius 3 is 2.52 bits per heavy atom. The van der Waals surface area contributed by atoms with Crippen molar-refractivity contribution in [3.05, 3.63) is 36.1 Å². The summed E-state index contributed by atoms with van der Waals surface area (Å²) < 4.78 is 18.7. The van der Waals surface area contributed by atoms with E-state index in [0.29, 0.717) is 39.7 Å². The maximum Gasteiger partial charge on any atom is 0.427 e. The molecule has 4 rings (SSSR count). The molecule has 11 heteroatoms. The molecule has 152 valence electrons. The third kappa shape index (κ3) is 3.74. The number of hydrogen-bond donors (Lipinski definition) is 2. The van der Waals surface area contributed by atoms with Crippen LogP contribution in [0.25, 0.3) is 17.3 Å². The highest BCUT2D eigenvalue weighted by Crippen LogP contribution is 2.38. The third-order valence-corrected chi connectivity index (χ3v) is 5.21. The summed E-state index contributed by atoms with van der Waals surface area (Å²) in [6.45, 7) is 1.86. The molecule has 1 fully saturated rings. The van der Waals surface area contributed by atoms with Crippen LogP contribution >= 0.6 is 11.8 Å². The van der Waals surface area contributed by atoms with E-state index in [9.17, 15) is 4.79 Å². The molecule has 1 aliphatic rings. The Balaban J connectivity index is 1.79. The summed E-state index contributed by atoms with van der Waals surface area (Å²) in [4.78, 5) is 15.9. The molecule has 0 bridgehead atoms. The highest BCUT2D eigenvalue weighted by atomic mass is 32.2. The van der Waals surface area contributed by atoms with Gasteiger partial charge in [0.15, 0.2) is 10.9 Å². The van der Waals surface area contributed by atoms with Gasteiger partial charge < -0.3 is 24.0 Å². The van der Waals surface area contributed by atoms with Gasteiger partial charge in [0.25, 0.3) is 0 Å². The molecule has 1 aromatic carbocycles. The smallest absolute Gasteiger partial charge is 0.427 e. The molecule has 0 radical (unpaired) electrons. The number of aromatic nitrogens is 3. The number of benzene rings is 1. The van der Waals surface area contributed by atoms with Crippen molar-refractivity contribution in [3.63, 3.8) is 0 Å². The molecule has 3 aromatic rings. The maximum atomic E-state index is 11.2. The SMILES string of the molecule is COc1cccc(OC)c1-n1c(SCC2NOC(=O)N2)nnc1-c1ccc(C)o1. The zero-order chi connectivity index (χ0) is 20.4. The number of para-hydroxylation sites is 1. The van der Waals surface area contributed by atoms with Gasteiger partial charge in [-0.05, 0) is 31.2 Å². The fraction of sp³-hybridized carbons (Fsp3) is 0.278. The van der Waals surface area contributed by atoms with Crippen molar-refractivity contribution in [2.24, 2.45) is 0 Å². The first kappa shape index (κ1) is 19.2. The molecule has 1 atom stereocenters.